The van der Waals surface area contributed by atoms with Crippen molar-refractivity contribution >= 4 is 0 Å². The topological polar surface area (TPSA) is 42.4 Å². The first-order valence-corrected chi connectivity index (χ1v) is 9.34. The van der Waals surface area contributed by atoms with Crippen molar-refractivity contribution in [2.75, 3.05) is 6.61 Å². The van der Waals surface area contributed by atoms with Gasteiger partial charge in [0.2, 0.25) is 0 Å². The molecule has 1 aromatic carbocycles. The molecule has 0 saturated heterocycles. The van der Waals surface area contributed by atoms with E-state index in [-0.39, 0.29) is 24.2 Å². The van der Waals surface area contributed by atoms with Crippen molar-refractivity contribution in [1.29, 1.82) is 0 Å². The molecule has 4 rings (SSSR count). The molecule has 2 aromatic rings. The van der Waals surface area contributed by atoms with Gasteiger partial charge in [0, 0.05) is 28.8 Å². The molecule has 144 valence electrons. The van der Waals surface area contributed by atoms with E-state index in [1.54, 1.807) is 18.3 Å². The highest BCUT2D eigenvalue weighted by molar-refractivity contribution is 5.44. The van der Waals surface area contributed by atoms with Crippen molar-refractivity contribution < 1.29 is 23.0 Å². The molecule has 6 heteroatoms. The van der Waals surface area contributed by atoms with Crippen LogP contribution < -0.4 is 4.74 Å². The van der Waals surface area contributed by atoms with Crippen LogP contribution >= 0.6 is 0 Å². The molecule has 1 saturated carbocycles. The summed E-state index contributed by atoms with van der Waals surface area (Å²) in [4.78, 5) is 4.59. The number of ether oxygens (including phenoxy) is 1. The third-order valence-corrected chi connectivity index (χ3v) is 6.27. The highest BCUT2D eigenvalue weighted by atomic mass is 19.4. The van der Waals surface area contributed by atoms with Gasteiger partial charge in [0.1, 0.15) is 5.75 Å². The minimum atomic E-state index is -4.76. The van der Waals surface area contributed by atoms with E-state index in [0.717, 1.165) is 31.4 Å². The van der Waals surface area contributed by atoms with Gasteiger partial charge >= 0.3 is 6.36 Å². The van der Waals surface area contributed by atoms with Crippen molar-refractivity contribution in [2.24, 2.45) is 5.92 Å². The molecule has 1 heterocycles. The van der Waals surface area contributed by atoms with E-state index in [1.807, 2.05) is 6.07 Å². The number of halogens is 3. The molecule has 1 fully saturated rings. The van der Waals surface area contributed by atoms with Gasteiger partial charge in [-0.3, -0.25) is 4.98 Å². The quantitative estimate of drug-likeness (QED) is 0.837. The summed E-state index contributed by atoms with van der Waals surface area (Å²) < 4.78 is 43.0. The minimum Gasteiger partial charge on any atom is -0.405 e. The Bertz CT molecular complexity index is 819. The average molecular weight is 377 g/mol. The molecule has 3 unspecified atom stereocenters. The second-order valence-corrected chi connectivity index (χ2v) is 7.55. The summed E-state index contributed by atoms with van der Waals surface area (Å²) in [7, 11) is 0. The fourth-order valence-corrected chi connectivity index (χ4v) is 4.99. The SMILES string of the molecule is OCC1(c2ccccc2OC(F)(F)F)CCC1C1CCCc2cccnc21. The lowest BCUT2D eigenvalue weighted by Gasteiger charge is -2.53. The molecule has 0 amide bonds. The average Bonchev–Trinajstić information content (AvgIpc) is 2.62. The molecule has 2 aliphatic carbocycles. The molecule has 3 nitrogen and oxygen atoms in total. The third-order valence-electron chi connectivity index (χ3n) is 6.27. The fraction of sp³-hybridized carbons (Fsp3) is 0.476. The van der Waals surface area contributed by atoms with Crippen LogP contribution in [0.3, 0.4) is 0 Å². The second kappa shape index (κ2) is 6.82. The second-order valence-electron chi connectivity index (χ2n) is 7.55. The number of hydrogen-bond donors (Lipinski definition) is 1. The maximum Gasteiger partial charge on any atom is 0.573 e. The van der Waals surface area contributed by atoms with Gasteiger partial charge in [0.25, 0.3) is 0 Å². The first-order chi connectivity index (χ1) is 12.9. The number of aliphatic hydroxyl groups excluding tert-OH is 1. The van der Waals surface area contributed by atoms with Crippen molar-refractivity contribution in [3.63, 3.8) is 0 Å². The van der Waals surface area contributed by atoms with E-state index in [1.165, 1.54) is 17.7 Å². The molecule has 3 atom stereocenters. The Kier molecular flexibility index (Phi) is 4.62. The highest BCUT2D eigenvalue weighted by Gasteiger charge is 2.53. The van der Waals surface area contributed by atoms with Gasteiger partial charge in [0.15, 0.2) is 0 Å². The molecule has 0 radical (unpaired) electrons. The van der Waals surface area contributed by atoms with Crippen LogP contribution in [0.15, 0.2) is 42.6 Å². The van der Waals surface area contributed by atoms with Crippen LogP contribution in [0, 0.1) is 5.92 Å². The predicted octanol–water partition coefficient (Wildman–Crippen LogP) is 4.74. The number of aliphatic hydroxyl groups is 1. The van der Waals surface area contributed by atoms with Crippen LogP contribution in [0.5, 0.6) is 5.75 Å². The van der Waals surface area contributed by atoms with Crippen LogP contribution in [-0.2, 0) is 11.8 Å². The summed E-state index contributed by atoms with van der Waals surface area (Å²) in [6.07, 6.45) is 1.47. The van der Waals surface area contributed by atoms with E-state index >= 15 is 0 Å². The summed E-state index contributed by atoms with van der Waals surface area (Å²) in [5, 5.41) is 10.3. The maximum absolute atomic E-state index is 12.9. The Hall–Kier alpha value is -2.08. The van der Waals surface area contributed by atoms with Crippen LogP contribution in [-0.4, -0.2) is 23.1 Å². The van der Waals surface area contributed by atoms with Crippen LogP contribution in [0.1, 0.15) is 48.4 Å². The summed E-state index contributed by atoms with van der Waals surface area (Å²) in [5.41, 5.74) is 1.98. The fourth-order valence-electron chi connectivity index (χ4n) is 4.99. The molecule has 0 spiro atoms. The van der Waals surface area contributed by atoms with Crippen LogP contribution in [0.25, 0.3) is 0 Å². The molecule has 27 heavy (non-hydrogen) atoms. The van der Waals surface area contributed by atoms with Gasteiger partial charge in [0.05, 0.1) is 6.61 Å². The predicted molar refractivity (Wildman–Crippen MR) is 94.5 cm³/mol. The number of aromatic nitrogens is 1. The molecule has 1 aromatic heterocycles. The number of alkyl halides is 3. The lowest BCUT2D eigenvalue weighted by Crippen LogP contribution is -2.51. The Balaban J connectivity index is 1.73. The maximum atomic E-state index is 12.9. The smallest absolute Gasteiger partial charge is 0.405 e. The summed E-state index contributed by atoms with van der Waals surface area (Å²) >= 11 is 0. The standard InChI is InChI=1S/C21H22F3NO2/c22-21(23,24)27-18-9-2-1-8-17(18)20(13-26)11-10-16(20)15-7-3-5-14-6-4-12-25-19(14)15/h1-2,4,6,8-9,12,15-16,26H,3,5,7,10-11,13H2. The molecule has 2 aliphatic rings. The van der Waals surface area contributed by atoms with Crippen molar-refractivity contribution in [1.82, 2.24) is 4.98 Å². The van der Waals surface area contributed by atoms with Gasteiger partial charge in [-0.05, 0) is 55.7 Å². The lowest BCUT2D eigenvalue weighted by atomic mass is 9.51. The largest absolute Gasteiger partial charge is 0.573 e. The number of hydrogen-bond acceptors (Lipinski definition) is 3. The van der Waals surface area contributed by atoms with Gasteiger partial charge in [-0.2, -0.15) is 0 Å². The zero-order valence-electron chi connectivity index (χ0n) is 14.9. The highest BCUT2D eigenvalue weighted by Crippen LogP contribution is 2.58. The van der Waals surface area contributed by atoms with Crippen molar-refractivity contribution in [2.45, 2.75) is 49.8 Å². The van der Waals surface area contributed by atoms with Crippen molar-refractivity contribution in [3.8, 4) is 5.75 Å². The number of aryl methyl sites for hydroxylation is 1. The van der Waals surface area contributed by atoms with E-state index < -0.39 is 11.8 Å². The zero-order valence-corrected chi connectivity index (χ0v) is 14.9. The third kappa shape index (κ3) is 3.20. The number of pyridine rings is 1. The zero-order chi connectivity index (χ0) is 19.1. The first-order valence-electron chi connectivity index (χ1n) is 9.34. The number of para-hydroxylation sites is 1. The van der Waals surface area contributed by atoms with Crippen LogP contribution in [0.2, 0.25) is 0 Å². The monoisotopic (exact) mass is 377 g/mol. The lowest BCUT2D eigenvalue weighted by molar-refractivity contribution is -0.275. The van der Waals surface area contributed by atoms with E-state index in [0.29, 0.717) is 12.0 Å². The minimum absolute atomic E-state index is 0.0504. The number of fused-ring (bicyclic) bond motifs is 1. The normalized spacial score (nSPS) is 27.6. The number of nitrogens with zero attached hydrogens (tertiary/aromatic N) is 1. The van der Waals surface area contributed by atoms with Gasteiger partial charge < -0.3 is 9.84 Å². The van der Waals surface area contributed by atoms with Crippen LogP contribution in [0.4, 0.5) is 13.2 Å². The van der Waals surface area contributed by atoms with Gasteiger partial charge in [-0.15, -0.1) is 13.2 Å². The molecular formula is C21H22F3NO2. The summed E-state index contributed by atoms with van der Waals surface area (Å²) in [6.45, 7) is -0.200. The van der Waals surface area contributed by atoms with Gasteiger partial charge in [-0.25, -0.2) is 0 Å². The van der Waals surface area contributed by atoms with E-state index in [9.17, 15) is 18.3 Å². The Morgan fingerprint density at radius 2 is 1.96 bits per heavy atom. The van der Waals surface area contributed by atoms with E-state index in [2.05, 4.69) is 15.8 Å². The molecule has 1 N–H and O–H groups in total. The first kappa shape index (κ1) is 18.3. The molecule has 0 aliphatic heterocycles. The van der Waals surface area contributed by atoms with E-state index in [4.69, 9.17) is 0 Å². The molecule has 0 bridgehead atoms. The molecular weight excluding hydrogens is 355 g/mol. The summed E-state index contributed by atoms with van der Waals surface area (Å²) in [6, 6.07) is 10.2. The van der Waals surface area contributed by atoms with Crippen molar-refractivity contribution in [3.05, 3.63) is 59.4 Å². The Morgan fingerprint density at radius 3 is 2.67 bits per heavy atom. The number of rotatable bonds is 4. The Labute approximate surface area is 156 Å². The van der Waals surface area contributed by atoms with Gasteiger partial charge in [-0.1, -0.05) is 24.3 Å². The Morgan fingerprint density at radius 1 is 1.15 bits per heavy atom. The number of benzene rings is 1. The summed E-state index contributed by atoms with van der Waals surface area (Å²) in [5.74, 6) is -0.00923.